The third kappa shape index (κ3) is 3.19. The van der Waals surface area contributed by atoms with Crippen LogP contribution in [0.5, 0.6) is 0 Å². The number of rotatable bonds is 3. The van der Waals surface area contributed by atoms with Crippen LogP contribution in [0.1, 0.15) is 0 Å². The van der Waals surface area contributed by atoms with Gasteiger partial charge in [-0.2, -0.15) is 5.26 Å². The van der Waals surface area contributed by atoms with E-state index in [0.717, 1.165) is 16.8 Å². The molecular formula is C14H15N5OS. The third-order valence-electron chi connectivity index (χ3n) is 3.39. The monoisotopic (exact) mass is 301 g/mol. The second kappa shape index (κ2) is 6.18. The van der Waals surface area contributed by atoms with Crippen LogP contribution in [0.4, 0.5) is 5.13 Å². The summed E-state index contributed by atoms with van der Waals surface area (Å²) in [5.41, 5.74) is 0.884. The summed E-state index contributed by atoms with van der Waals surface area (Å²) in [6.07, 6.45) is 0. The first-order chi connectivity index (χ1) is 10.3. The maximum Gasteiger partial charge on any atom is 0.240 e. The summed E-state index contributed by atoms with van der Waals surface area (Å²) in [5, 5.41) is 15.7. The average Bonchev–Trinajstić information content (AvgIpc) is 2.89. The van der Waals surface area contributed by atoms with Crippen molar-refractivity contribution in [2.45, 2.75) is 6.04 Å². The van der Waals surface area contributed by atoms with Gasteiger partial charge < -0.3 is 10.6 Å². The Bertz CT molecular complexity index is 659. The number of nitriles is 1. The molecule has 21 heavy (non-hydrogen) atoms. The number of hydrogen-bond acceptors (Lipinski definition) is 6. The van der Waals surface area contributed by atoms with Crippen LogP contribution in [-0.4, -0.2) is 48.0 Å². The van der Waals surface area contributed by atoms with E-state index in [1.54, 1.807) is 0 Å². The Morgan fingerprint density at radius 3 is 3.24 bits per heavy atom. The molecule has 2 N–H and O–H groups in total. The quantitative estimate of drug-likeness (QED) is 0.885. The van der Waals surface area contributed by atoms with Crippen molar-refractivity contribution in [2.75, 3.05) is 31.5 Å². The van der Waals surface area contributed by atoms with E-state index >= 15 is 0 Å². The molecule has 3 rings (SSSR count). The van der Waals surface area contributed by atoms with E-state index in [9.17, 15) is 4.79 Å². The molecule has 1 fully saturated rings. The molecule has 0 saturated carbocycles. The van der Waals surface area contributed by atoms with Gasteiger partial charge in [0, 0.05) is 19.6 Å². The maximum absolute atomic E-state index is 12.1. The summed E-state index contributed by atoms with van der Waals surface area (Å²) < 4.78 is 1.05. The number of carbonyl (C=O) groups is 1. The van der Waals surface area contributed by atoms with Crippen LogP contribution in [-0.2, 0) is 4.79 Å². The number of aromatic nitrogens is 1. The summed E-state index contributed by atoms with van der Waals surface area (Å²) in [6, 6.07) is 9.73. The molecule has 0 bridgehead atoms. The first kappa shape index (κ1) is 13.9. The molecule has 1 aliphatic heterocycles. The maximum atomic E-state index is 12.1. The molecule has 1 amide bonds. The lowest BCUT2D eigenvalue weighted by Gasteiger charge is -2.30. The van der Waals surface area contributed by atoms with Crippen LogP contribution in [0.15, 0.2) is 24.3 Å². The fourth-order valence-electron chi connectivity index (χ4n) is 2.33. The number of amides is 1. The molecule has 0 aliphatic carbocycles. The van der Waals surface area contributed by atoms with Crippen molar-refractivity contribution < 1.29 is 4.79 Å². The molecule has 1 aromatic heterocycles. The van der Waals surface area contributed by atoms with Gasteiger partial charge in [0.1, 0.15) is 6.04 Å². The highest BCUT2D eigenvalue weighted by molar-refractivity contribution is 7.22. The largest absolute Gasteiger partial charge is 0.313 e. The lowest BCUT2D eigenvalue weighted by Crippen LogP contribution is -2.52. The Balaban J connectivity index is 1.64. The summed E-state index contributed by atoms with van der Waals surface area (Å²) in [6.45, 7) is 2.32. The van der Waals surface area contributed by atoms with E-state index in [1.165, 1.54) is 11.3 Å². The van der Waals surface area contributed by atoms with Gasteiger partial charge in [0.2, 0.25) is 5.91 Å². The van der Waals surface area contributed by atoms with Crippen molar-refractivity contribution in [3.63, 3.8) is 0 Å². The molecule has 1 atom stereocenters. The summed E-state index contributed by atoms with van der Waals surface area (Å²) in [7, 11) is 0. The fraction of sp³-hybridized carbons (Fsp3) is 0.357. The van der Waals surface area contributed by atoms with Crippen LogP contribution < -0.4 is 10.6 Å². The van der Waals surface area contributed by atoms with Crippen molar-refractivity contribution in [3.8, 4) is 6.07 Å². The summed E-state index contributed by atoms with van der Waals surface area (Å²) in [5.74, 6) is -0.129. The van der Waals surface area contributed by atoms with E-state index in [0.29, 0.717) is 18.2 Å². The number of nitrogens with one attached hydrogen (secondary N) is 2. The molecule has 2 heterocycles. The van der Waals surface area contributed by atoms with Crippen molar-refractivity contribution >= 4 is 32.6 Å². The molecule has 6 nitrogen and oxygen atoms in total. The van der Waals surface area contributed by atoms with Crippen LogP contribution in [0, 0.1) is 11.3 Å². The lowest BCUT2D eigenvalue weighted by atomic mass is 10.2. The van der Waals surface area contributed by atoms with Crippen LogP contribution >= 0.6 is 11.3 Å². The Kier molecular flexibility index (Phi) is 4.10. The average molecular weight is 301 g/mol. The minimum Gasteiger partial charge on any atom is -0.313 e. The van der Waals surface area contributed by atoms with Gasteiger partial charge in [-0.25, -0.2) is 4.98 Å². The molecular weight excluding hydrogens is 286 g/mol. The predicted octanol–water partition coefficient (Wildman–Crippen LogP) is 1.03. The van der Waals surface area contributed by atoms with Crippen molar-refractivity contribution in [2.24, 2.45) is 0 Å². The minimum atomic E-state index is -0.250. The number of fused-ring (bicyclic) bond motifs is 1. The Morgan fingerprint density at radius 2 is 2.43 bits per heavy atom. The summed E-state index contributed by atoms with van der Waals surface area (Å²) in [4.78, 5) is 18.4. The highest BCUT2D eigenvalue weighted by Gasteiger charge is 2.23. The molecule has 0 spiro atoms. The van der Waals surface area contributed by atoms with E-state index in [4.69, 9.17) is 5.26 Å². The highest BCUT2D eigenvalue weighted by Crippen LogP contribution is 2.25. The van der Waals surface area contributed by atoms with Gasteiger partial charge in [0.15, 0.2) is 5.13 Å². The third-order valence-corrected chi connectivity index (χ3v) is 4.34. The molecule has 1 aliphatic rings. The van der Waals surface area contributed by atoms with Gasteiger partial charge in [-0.3, -0.25) is 9.69 Å². The van der Waals surface area contributed by atoms with Gasteiger partial charge in [0.05, 0.1) is 22.8 Å². The Hall–Kier alpha value is -2.01. The van der Waals surface area contributed by atoms with E-state index in [-0.39, 0.29) is 18.5 Å². The SMILES string of the molecule is N#CC1CNCCN1CC(=O)Nc1nc2ccccc2s1. The zero-order valence-electron chi connectivity index (χ0n) is 11.4. The fourth-order valence-corrected chi connectivity index (χ4v) is 3.21. The molecule has 1 unspecified atom stereocenters. The van der Waals surface area contributed by atoms with Gasteiger partial charge in [-0.05, 0) is 12.1 Å². The van der Waals surface area contributed by atoms with Gasteiger partial charge >= 0.3 is 0 Å². The van der Waals surface area contributed by atoms with Gasteiger partial charge in [-0.15, -0.1) is 0 Å². The number of carbonyl (C=O) groups excluding carboxylic acids is 1. The van der Waals surface area contributed by atoms with Crippen LogP contribution in [0.3, 0.4) is 0 Å². The predicted molar refractivity (Wildman–Crippen MR) is 82.1 cm³/mol. The summed E-state index contributed by atoms with van der Waals surface area (Å²) >= 11 is 1.46. The first-order valence-corrected chi connectivity index (χ1v) is 7.58. The minimum absolute atomic E-state index is 0.129. The normalized spacial score (nSPS) is 19.3. The molecule has 0 radical (unpaired) electrons. The van der Waals surface area contributed by atoms with Crippen LogP contribution in [0.25, 0.3) is 10.2 Å². The number of nitrogens with zero attached hydrogens (tertiary/aromatic N) is 3. The highest BCUT2D eigenvalue weighted by atomic mass is 32.1. The molecule has 2 aromatic rings. The van der Waals surface area contributed by atoms with Crippen molar-refractivity contribution in [1.82, 2.24) is 15.2 Å². The number of piperazine rings is 1. The van der Waals surface area contributed by atoms with Gasteiger partial charge in [-0.1, -0.05) is 23.5 Å². The van der Waals surface area contributed by atoms with Gasteiger partial charge in [0.25, 0.3) is 0 Å². The van der Waals surface area contributed by atoms with Crippen molar-refractivity contribution in [3.05, 3.63) is 24.3 Å². The first-order valence-electron chi connectivity index (χ1n) is 6.76. The van der Waals surface area contributed by atoms with E-state index in [2.05, 4.69) is 21.7 Å². The molecule has 1 aromatic carbocycles. The molecule has 108 valence electrons. The number of anilines is 1. The smallest absolute Gasteiger partial charge is 0.240 e. The standard InChI is InChI=1S/C14H15N5OS/c15-7-10-8-16-5-6-19(10)9-13(20)18-14-17-11-3-1-2-4-12(11)21-14/h1-4,10,16H,5-6,8-9H2,(H,17,18,20). The molecule has 1 saturated heterocycles. The second-order valence-corrected chi connectivity index (χ2v) is 5.89. The Labute approximate surface area is 126 Å². The number of para-hydroxylation sites is 1. The second-order valence-electron chi connectivity index (χ2n) is 4.85. The Morgan fingerprint density at radius 1 is 1.57 bits per heavy atom. The van der Waals surface area contributed by atoms with Crippen molar-refractivity contribution in [1.29, 1.82) is 5.26 Å². The molecule has 7 heteroatoms. The topological polar surface area (TPSA) is 81.0 Å². The lowest BCUT2D eigenvalue weighted by molar-refractivity contribution is -0.117. The number of benzene rings is 1. The van der Waals surface area contributed by atoms with Crippen LogP contribution in [0.2, 0.25) is 0 Å². The number of thiazole rings is 1. The number of hydrogen-bond donors (Lipinski definition) is 2. The van der Waals surface area contributed by atoms with E-state index < -0.39 is 0 Å². The van der Waals surface area contributed by atoms with E-state index in [1.807, 2.05) is 29.2 Å². The zero-order valence-corrected chi connectivity index (χ0v) is 12.2. The zero-order chi connectivity index (χ0) is 14.7.